The SMILES string of the molecule is CC(C)(C)OC(=O)NCc1cccc(C2(CN)CC2)c1. The maximum absolute atomic E-state index is 11.6. The molecule has 0 aliphatic heterocycles. The van der Waals surface area contributed by atoms with Crippen molar-refractivity contribution in [3.8, 4) is 0 Å². The Morgan fingerprint density at radius 2 is 2.10 bits per heavy atom. The standard InChI is InChI=1S/C16H24N2O2/c1-15(2,3)20-14(19)18-10-12-5-4-6-13(9-12)16(11-17)7-8-16/h4-6,9H,7-8,10-11,17H2,1-3H3,(H,18,19). The third-order valence-corrected chi connectivity index (χ3v) is 3.62. The van der Waals surface area contributed by atoms with Gasteiger partial charge < -0.3 is 15.8 Å². The van der Waals surface area contributed by atoms with E-state index in [-0.39, 0.29) is 11.5 Å². The number of carbonyl (C=O) groups excluding carboxylic acids is 1. The lowest BCUT2D eigenvalue weighted by Crippen LogP contribution is -2.32. The molecule has 0 unspecified atom stereocenters. The molecule has 1 aliphatic rings. The number of carbonyl (C=O) groups is 1. The summed E-state index contributed by atoms with van der Waals surface area (Å²) in [4.78, 5) is 11.6. The molecule has 0 atom stereocenters. The molecule has 2 rings (SSSR count). The number of ether oxygens (including phenoxy) is 1. The van der Waals surface area contributed by atoms with Crippen LogP contribution in [0, 0.1) is 0 Å². The van der Waals surface area contributed by atoms with Crippen LogP contribution in [-0.4, -0.2) is 18.2 Å². The highest BCUT2D eigenvalue weighted by Crippen LogP contribution is 2.47. The molecule has 1 aromatic rings. The summed E-state index contributed by atoms with van der Waals surface area (Å²) in [6.45, 7) is 6.72. The minimum Gasteiger partial charge on any atom is -0.444 e. The zero-order valence-electron chi connectivity index (χ0n) is 12.5. The smallest absolute Gasteiger partial charge is 0.407 e. The predicted molar refractivity (Wildman–Crippen MR) is 79.5 cm³/mol. The number of nitrogens with one attached hydrogen (secondary N) is 1. The number of nitrogens with two attached hydrogens (primary N) is 1. The fourth-order valence-corrected chi connectivity index (χ4v) is 2.26. The van der Waals surface area contributed by atoms with E-state index < -0.39 is 5.60 Å². The summed E-state index contributed by atoms with van der Waals surface area (Å²) >= 11 is 0. The first kappa shape index (κ1) is 14.9. The summed E-state index contributed by atoms with van der Waals surface area (Å²) in [5.41, 5.74) is 7.92. The average Bonchev–Trinajstić information content (AvgIpc) is 3.16. The number of hydrogen-bond donors (Lipinski definition) is 2. The largest absolute Gasteiger partial charge is 0.444 e. The maximum Gasteiger partial charge on any atom is 0.407 e. The molecule has 0 radical (unpaired) electrons. The summed E-state index contributed by atoms with van der Waals surface area (Å²) in [6, 6.07) is 8.29. The van der Waals surface area contributed by atoms with Gasteiger partial charge in [0.1, 0.15) is 5.60 Å². The van der Waals surface area contributed by atoms with E-state index in [1.807, 2.05) is 32.9 Å². The lowest BCUT2D eigenvalue weighted by Gasteiger charge is -2.20. The molecule has 0 saturated heterocycles. The molecule has 3 N–H and O–H groups in total. The van der Waals surface area contributed by atoms with Crippen molar-refractivity contribution in [3.63, 3.8) is 0 Å². The first-order chi connectivity index (χ1) is 9.35. The molecular formula is C16H24N2O2. The van der Waals surface area contributed by atoms with Crippen LogP contribution in [0.25, 0.3) is 0 Å². The van der Waals surface area contributed by atoms with Crippen LogP contribution in [0.3, 0.4) is 0 Å². The van der Waals surface area contributed by atoms with E-state index in [9.17, 15) is 4.79 Å². The third kappa shape index (κ3) is 3.73. The van der Waals surface area contributed by atoms with Crippen molar-refractivity contribution in [2.75, 3.05) is 6.54 Å². The second-order valence-electron chi connectivity index (χ2n) is 6.54. The Morgan fingerprint density at radius 3 is 2.65 bits per heavy atom. The molecule has 1 saturated carbocycles. The van der Waals surface area contributed by atoms with Gasteiger partial charge in [-0.3, -0.25) is 0 Å². The summed E-state index contributed by atoms with van der Waals surface area (Å²) in [5, 5.41) is 2.78. The van der Waals surface area contributed by atoms with Crippen LogP contribution in [-0.2, 0) is 16.7 Å². The fourth-order valence-electron chi connectivity index (χ4n) is 2.26. The minimum absolute atomic E-state index is 0.182. The van der Waals surface area contributed by atoms with Gasteiger partial charge in [-0.25, -0.2) is 4.79 Å². The maximum atomic E-state index is 11.6. The molecule has 4 heteroatoms. The van der Waals surface area contributed by atoms with Crippen molar-refractivity contribution in [1.82, 2.24) is 5.32 Å². The van der Waals surface area contributed by atoms with E-state index in [0.717, 1.165) is 18.4 Å². The first-order valence-corrected chi connectivity index (χ1v) is 7.11. The molecule has 1 aromatic carbocycles. The molecule has 110 valence electrons. The van der Waals surface area contributed by atoms with Gasteiger partial charge in [-0.05, 0) is 44.7 Å². The van der Waals surface area contributed by atoms with Gasteiger partial charge in [-0.2, -0.15) is 0 Å². The van der Waals surface area contributed by atoms with Crippen LogP contribution in [0.15, 0.2) is 24.3 Å². The predicted octanol–water partition coefficient (Wildman–Crippen LogP) is 2.70. The summed E-state index contributed by atoms with van der Waals surface area (Å²) in [7, 11) is 0. The molecule has 0 aromatic heterocycles. The second kappa shape index (κ2) is 5.44. The van der Waals surface area contributed by atoms with Gasteiger partial charge in [0, 0.05) is 18.5 Å². The molecule has 1 amide bonds. The Morgan fingerprint density at radius 1 is 1.40 bits per heavy atom. The van der Waals surface area contributed by atoms with Crippen LogP contribution < -0.4 is 11.1 Å². The third-order valence-electron chi connectivity index (χ3n) is 3.62. The topological polar surface area (TPSA) is 64.3 Å². The molecule has 0 bridgehead atoms. The summed E-state index contributed by atoms with van der Waals surface area (Å²) in [6.07, 6.45) is 1.93. The monoisotopic (exact) mass is 276 g/mol. The van der Waals surface area contributed by atoms with Crippen molar-refractivity contribution in [1.29, 1.82) is 0 Å². The van der Waals surface area contributed by atoms with E-state index in [1.54, 1.807) is 0 Å². The van der Waals surface area contributed by atoms with E-state index in [0.29, 0.717) is 13.1 Å². The Labute approximate surface area is 120 Å². The molecule has 0 spiro atoms. The van der Waals surface area contributed by atoms with Crippen molar-refractivity contribution in [3.05, 3.63) is 35.4 Å². The van der Waals surface area contributed by atoms with Gasteiger partial charge in [-0.15, -0.1) is 0 Å². The molecule has 1 aliphatic carbocycles. The fraction of sp³-hybridized carbons (Fsp3) is 0.562. The van der Waals surface area contributed by atoms with Crippen LogP contribution >= 0.6 is 0 Å². The highest BCUT2D eigenvalue weighted by atomic mass is 16.6. The average molecular weight is 276 g/mol. The number of alkyl carbamates (subject to hydrolysis) is 1. The normalized spacial score (nSPS) is 16.6. The lowest BCUT2D eigenvalue weighted by atomic mass is 9.94. The lowest BCUT2D eigenvalue weighted by molar-refractivity contribution is 0.0523. The van der Waals surface area contributed by atoms with Crippen molar-refractivity contribution in [2.45, 2.75) is 51.2 Å². The van der Waals surface area contributed by atoms with Crippen LogP contribution in [0.5, 0.6) is 0 Å². The number of amides is 1. The molecule has 0 heterocycles. The highest BCUT2D eigenvalue weighted by Gasteiger charge is 2.42. The van der Waals surface area contributed by atoms with Crippen LogP contribution in [0.1, 0.15) is 44.7 Å². The van der Waals surface area contributed by atoms with Gasteiger partial charge in [0.2, 0.25) is 0 Å². The van der Waals surface area contributed by atoms with E-state index >= 15 is 0 Å². The van der Waals surface area contributed by atoms with E-state index in [4.69, 9.17) is 10.5 Å². The molecular weight excluding hydrogens is 252 g/mol. The van der Waals surface area contributed by atoms with Crippen LogP contribution in [0.2, 0.25) is 0 Å². The quantitative estimate of drug-likeness (QED) is 0.888. The minimum atomic E-state index is -0.469. The molecule has 4 nitrogen and oxygen atoms in total. The number of benzene rings is 1. The Bertz CT molecular complexity index is 487. The van der Waals surface area contributed by atoms with Crippen molar-refractivity contribution < 1.29 is 9.53 Å². The van der Waals surface area contributed by atoms with Gasteiger partial charge in [-0.1, -0.05) is 24.3 Å². The number of hydrogen-bond acceptors (Lipinski definition) is 3. The van der Waals surface area contributed by atoms with Crippen molar-refractivity contribution >= 4 is 6.09 Å². The Hall–Kier alpha value is -1.55. The van der Waals surface area contributed by atoms with Gasteiger partial charge in [0.15, 0.2) is 0 Å². The van der Waals surface area contributed by atoms with Crippen LogP contribution in [0.4, 0.5) is 4.79 Å². The second-order valence-corrected chi connectivity index (χ2v) is 6.54. The van der Waals surface area contributed by atoms with Gasteiger partial charge >= 0.3 is 6.09 Å². The molecule has 20 heavy (non-hydrogen) atoms. The van der Waals surface area contributed by atoms with Crippen molar-refractivity contribution in [2.24, 2.45) is 5.73 Å². The van der Waals surface area contributed by atoms with Gasteiger partial charge in [0.25, 0.3) is 0 Å². The first-order valence-electron chi connectivity index (χ1n) is 7.11. The summed E-state index contributed by atoms with van der Waals surface area (Å²) < 4.78 is 5.22. The Balaban J connectivity index is 1.94. The van der Waals surface area contributed by atoms with Gasteiger partial charge in [0.05, 0.1) is 0 Å². The Kier molecular flexibility index (Phi) is 4.04. The van der Waals surface area contributed by atoms with E-state index in [1.165, 1.54) is 5.56 Å². The summed E-state index contributed by atoms with van der Waals surface area (Å²) in [5.74, 6) is 0. The molecule has 1 fully saturated rings. The zero-order chi connectivity index (χ0) is 14.8. The highest BCUT2D eigenvalue weighted by molar-refractivity contribution is 5.67. The number of rotatable bonds is 4. The van der Waals surface area contributed by atoms with E-state index in [2.05, 4.69) is 17.4 Å². The zero-order valence-corrected chi connectivity index (χ0v) is 12.5.